The molecule has 1 N–H and O–H groups in total. The number of amides is 1. The molecule has 0 bridgehead atoms. The highest BCUT2D eigenvalue weighted by atomic mass is 16.1. The van der Waals surface area contributed by atoms with Crippen LogP contribution < -0.4 is 5.32 Å². The second-order valence-electron chi connectivity index (χ2n) is 4.68. The number of carbonyl (C=O) groups is 1. The summed E-state index contributed by atoms with van der Waals surface area (Å²) in [5, 5.41) is 6.95. The molecule has 0 spiro atoms. The number of hydrogen-bond donors (Lipinski definition) is 1. The van der Waals surface area contributed by atoms with Crippen molar-refractivity contribution in [1.82, 2.24) is 25.1 Å². The Morgan fingerprint density at radius 2 is 2.05 bits per heavy atom. The van der Waals surface area contributed by atoms with Gasteiger partial charge in [0.1, 0.15) is 0 Å². The van der Waals surface area contributed by atoms with Gasteiger partial charge in [0.15, 0.2) is 5.82 Å². The van der Waals surface area contributed by atoms with Crippen molar-refractivity contribution in [2.45, 2.75) is 6.42 Å². The molecule has 22 heavy (non-hydrogen) atoms. The minimum atomic E-state index is -0.143. The van der Waals surface area contributed by atoms with Crippen molar-refractivity contribution in [1.29, 1.82) is 0 Å². The van der Waals surface area contributed by atoms with Gasteiger partial charge in [-0.1, -0.05) is 6.07 Å². The zero-order valence-corrected chi connectivity index (χ0v) is 11.9. The summed E-state index contributed by atoms with van der Waals surface area (Å²) in [5.74, 6) is 0.533. The average molecular weight is 293 g/mol. The van der Waals surface area contributed by atoms with Crippen molar-refractivity contribution in [2.24, 2.45) is 0 Å². The number of nitrogens with zero attached hydrogens (tertiary/aromatic N) is 4. The molecule has 3 aromatic rings. The van der Waals surface area contributed by atoms with Crippen molar-refractivity contribution in [3.63, 3.8) is 0 Å². The Labute approximate surface area is 127 Å². The average Bonchev–Trinajstić information content (AvgIpc) is 3.10. The predicted molar refractivity (Wildman–Crippen MR) is 81.6 cm³/mol. The minimum Gasteiger partial charge on any atom is -0.352 e. The van der Waals surface area contributed by atoms with E-state index < -0.39 is 0 Å². The zero-order chi connectivity index (χ0) is 15.2. The Morgan fingerprint density at radius 3 is 2.73 bits per heavy atom. The fourth-order valence-corrected chi connectivity index (χ4v) is 2.01. The molecule has 0 saturated heterocycles. The lowest BCUT2D eigenvalue weighted by molar-refractivity contribution is 0.0953. The molecule has 0 saturated carbocycles. The highest BCUT2D eigenvalue weighted by Crippen LogP contribution is 2.04. The highest BCUT2D eigenvalue weighted by Gasteiger charge is 2.06. The summed E-state index contributed by atoms with van der Waals surface area (Å²) in [4.78, 5) is 20.5. The Hall–Kier alpha value is -3.02. The first-order valence-electron chi connectivity index (χ1n) is 6.97. The van der Waals surface area contributed by atoms with Crippen LogP contribution in [0.3, 0.4) is 0 Å². The summed E-state index contributed by atoms with van der Waals surface area (Å²) in [6, 6.07) is 11.1. The molecule has 3 heterocycles. The van der Waals surface area contributed by atoms with Crippen LogP contribution in [0.15, 0.2) is 61.2 Å². The molecule has 0 aliphatic carbocycles. The SMILES string of the molecule is O=C(NCCc1ccccn1)c1ccc(-n2cccn2)nc1. The molecule has 0 fully saturated rings. The molecule has 0 aromatic carbocycles. The molecule has 0 atom stereocenters. The number of carbonyl (C=O) groups excluding carboxylic acids is 1. The molecule has 110 valence electrons. The summed E-state index contributed by atoms with van der Waals surface area (Å²) >= 11 is 0. The maximum absolute atomic E-state index is 12.0. The van der Waals surface area contributed by atoms with E-state index in [9.17, 15) is 4.79 Å². The van der Waals surface area contributed by atoms with E-state index in [2.05, 4.69) is 20.4 Å². The van der Waals surface area contributed by atoms with Crippen LogP contribution in [0.1, 0.15) is 16.1 Å². The molecular formula is C16H15N5O. The highest BCUT2D eigenvalue weighted by molar-refractivity contribution is 5.93. The normalized spacial score (nSPS) is 10.4. The number of pyridine rings is 2. The minimum absolute atomic E-state index is 0.143. The number of rotatable bonds is 5. The molecule has 3 aromatic heterocycles. The van der Waals surface area contributed by atoms with Crippen molar-refractivity contribution in [2.75, 3.05) is 6.54 Å². The molecule has 0 aliphatic heterocycles. The monoisotopic (exact) mass is 293 g/mol. The van der Waals surface area contributed by atoms with Crippen LogP contribution in [0, 0.1) is 0 Å². The second kappa shape index (κ2) is 6.62. The lowest BCUT2D eigenvalue weighted by Crippen LogP contribution is -2.26. The van der Waals surface area contributed by atoms with Gasteiger partial charge in [-0.15, -0.1) is 0 Å². The summed E-state index contributed by atoms with van der Waals surface area (Å²) in [6.07, 6.45) is 7.47. The van der Waals surface area contributed by atoms with Crippen molar-refractivity contribution < 1.29 is 4.79 Å². The van der Waals surface area contributed by atoms with E-state index in [1.54, 1.807) is 41.6 Å². The van der Waals surface area contributed by atoms with Gasteiger partial charge in [-0.2, -0.15) is 5.10 Å². The molecule has 6 nitrogen and oxygen atoms in total. The van der Waals surface area contributed by atoms with Gasteiger partial charge in [-0.3, -0.25) is 9.78 Å². The van der Waals surface area contributed by atoms with Gasteiger partial charge in [0.25, 0.3) is 5.91 Å². The van der Waals surface area contributed by atoms with Crippen molar-refractivity contribution in [3.05, 3.63) is 72.4 Å². The number of hydrogen-bond acceptors (Lipinski definition) is 4. The van der Waals surface area contributed by atoms with Crippen molar-refractivity contribution in [3.8, 4) is 5.82 Å². The van der Waals surface area contributed by atoms with Crippen LogP contribution >= 0.6 is 0 Å². The van der Waals surface area contributed by atoms with Gasteiger partial charge in [-0.25, -0.2) is 9.67 Å². The topological polar surface area (TPSA) is 72.7 Å². The summed E-state index contributed by atoms with van der Waals surface area (Å²) in [7, 11) is 0. The first-order valence-corrected chi connectivity index (χ1v) is 6.97. The smallest absolute Gasteiger partial charge is 0.252 e. The molecule has 3 rings (SSSR count). The van der Waals surface area contributed by atoms with Crippen LogP contribution in [0.25, 0.3) is 5.82 Å². The molecule has 6 heteroatoms. The third kappa shape index (κ3) is 3.35. The lowest BCUT2D eigenvalue weighted by Gasteiger charge is -2.06. The molecule has 1 amide bonds. The van der Waals surface area contributed by atoms with Gasteiger partial charge >= 0.3 is 0 Å². The Bertz CT molecular complexity index is 723. The summed E-state index contributed by atoms with van der Waals surface area (Å²) < 4.78 is 1.64. The number of nitrogens with one attached hydrogen (secondary N) is 1. The third-order valence-corrected chi connectivity index (χ3v) is 3.14. The fourth-order valence-electron chi connectivity index (χ4n) is 2.01. The van der Waals surface area contributed by atoms with E-state index in [0.717, 1.165) is 5.69 Å². The predicted octanol–water partition coefficient (Wildman–Crippen LogP) is 1.63. The van der Waals surface area contributed by atoms with Gasteiger partial charge in [-0.05, 0) is 30.3 Å². The van der Waals surface area contributed by atoms with Gasteiger partial charge in [0.2, 0.25) is 0 Å². The van der Waals surface area contributed by atoms with Crippen molar-refractivity contribution >= 4 is 5.91 Å². The zero-order valence-electron chi connectivity index (χ0n) is 11.9. The van der Waals surface area contributed by atoms with E-state index in [-0.39, 0.29) is 5.91 Å². The Balaban J connectivity index is 1.56. The molecular weight excluding hydrogens is 278 g/mol. The Morgan fingerprint density at radius 1 is 1.09 bits per heavy atom. The quantitative estimate of drug-likeness (QED) is 0.776. The standard InChI is InChI=1S/C16H15N5O/c22-16(18-10-7-14-4-1-2-8-17-14)13-5-6-15(19-12-13)21-11-3-9-20-21/h1-6,8-9,11-12H,7,10H2,(H,18,22). The van der Waals surface area contributed by atoms with E-state index in [0.29, 0.717) is 24.3 Å². The summed E-state index contributed by atoms with van der Waals surface area (Å²) in [6.45, 7) is 0.538. The van der Waals surface area contributed by atoms with Gasteiger partial charge in [0, 0.05) is 43.4 Å². The maximum atomic E-state index is 12.0. The summed E-state index contributed by atoms with van der Waals surface area (Å²) in [5.41, 5.74) is 1.48. The fraction of sp³-hybridized carbons (Fsp3) is 0.125. The van der Waals surface area contributed by atoms with Gasteiger partial charge in [0.05, 0.1) is 5.56 Å². The van der Waals surface area contributed by atoms with E-state index in [1.165, 1.54) is 0 Å². The first-order chi connectivity index (χ1) is 10.8. The maximum Gasteiger partial charge on any atom is 0.252 e. The molecule has 0 aliphatic rings. The third-order valence-electron chi connectivity index (χ3n) is 3.14. The van der Waals surface area contributed by atoms with Crippen LogP contribution in [0.2, 0.25) is 0 Å². The van der Waals surface area contributed by atoms with E-state index in [4.69, 9.17) is 0 Å². The van der Waals surface area contributed by atoms with E-state index in [1.807, 2.05) is 24.3 Å². The lowest BCUT2D eigenvalue weighted by atomic mass is 10.2. The van der Waals surface area contributed by atoms with Crippen LogP contribution in [-0.4, -0.2) is 32.2 Å². The molecule has 0 radical (unpaired) electrons. The van der Waals surface area contributed by atoms with Crippen LogP contribution in [-0.2, 0) is 6.42 Å². The van der Waals surface area contributed by atoms with Crippen LogP contribution in [0.5, 0.6) is 0 Å². The van der Waals surface area contributed by atoms with Crippen LogP contribution in [0.4, 0.5) is 0 Å². The first kappa shape index (κ1) is 13.9. The van der Waals surface area contributed by atoms with Gasteiger partial charge < -0.3 is 5.32 Å². The molecule has 0 unspecified atom stereocenters. The van der Waals surface area contributed by atoms with E-state index >= 15 is 0 Å². The number of aromatic nitrogens is 4. The Kier molecular flexibility index (Phi) is 4.20. The largest absolute Gasteiger partial charge is 0.352 e. The second-order valence-corrected chi connectivity index (χ2v) is 4.68.